The van der Waals surface area contributed by atoms with Gasteiger partial charge in [-0.05, 0) is 32.4 Å². The van der Waals surface area contributed by atoms with E-state index in [0.29, 0.717) is 5.02 Å². The van der Waals surface area contributed by atoms with Crippen molar-refractivity contribution in [3.63, 3.8) is 0 Å². The zero-order chi connectivity index (χ0) is 13.8. The Balaban J connectivity index is 2.74. The van der Waals surface area contributed by atoms with Gasteiger partial charge in [-0.1, -0.05) is 11.6 Å². The minimum absolute atomic E-state index is 0.225. The molecule has 1 atom stereocenters. The number of carbonyl (C=O) groups excluding carboxylic acids is 1. The van der Waals surface area contributed by atoms with Crippen molar-refractivity contribution < 1.29 is 9.53 Å². The van der Waals surface area contributed by atoms with Gasteiger partial charge in [0, 0.05) is 18.9 Å². The first-order chi connectivity index (χ1) is 8.33. The fraction of sp³-hybridized carbons (Fsp3) is 0.500. The van der Waals surface area contributed by atoms with Gasteiger partial charge in [0.2, 0.25) is 0 Å². The van der Waals surface area contributed by atoms with Gasteiger partial charge in [-0.2, -0.15) is 0 Å². The van der Waals surface area contributed by atoms with Crippen molar-refractivity contribution in [3.05, 3.63) is 29.0 Å². The van der Waals surface area contributed by atoms with Crippen LogP contribution in [0.1, 0.15) is 32.4 Å². The van der Waals surface area contributed by atoms with E-state index in [9.17, 15) is 4.79 Å². The smallest absolute Gasteiger partial charge is 0.408 e. The Bertz CT molecular complexity index is 418. The van der Waals surface area contributed by atoms with Crippen molar-refractivity contribution in [1.82, 2.24) is 10.3 Å². The van der Waals surface area contributed by atoms with Gasteiger partial charge in [0.15, 0.2) is 0 Å². The molecule has 0 fully saturated rings. The average molecular weight is 272 g/mol. The zero-order valence-electron chi connectivity index (χ0n) is 10.7. The first kappa shape index (κ1) is 14.7. The van der Waals surface area contributed by atoms with Crippen LogP contribution in [0.3, 0.4) is 0 Å². The van der Waals surface area contributed by atoms with Crippen LogP contribution in [0.25, 0.3) is 0 Å². The quantitative estimate of drug-likeness (QED) is 0.884. The van der Waals surface area contributed by atoms with Gasteiger partial charge in [0.05, 0.1) is 11.1 Å². The number of ether oxygens (including phenoxy) is 1. The normalized spacial score (nSPS) is 12.9. The fourth-order valence-electron chi connectivity index (χ4n) is 1.38. The van der Waals surface area contributed by atoms with Crippen LogP contribution in [0.4, 0.5) is 4.79 Å². The van der Waals surface area contributed by atoms with E-state index in [1.165, 1.54) is 6.20 Å². The maximum absolute atomic E-state index is 11.7. The summed E-state index contributed by atoms with van der Waals surface area (Å²) in [5.74, 6) is 0. The van der Waals surface area contributed by atoms with Gasteiger partial charge in [-0.3, -0.25) is 4.98 Å². The lowest BCUT2D eigenvalue weighted by Gasteiger charge is -2.23. The highest BCUT2D eigenvalue weighted by Crippen LogP contribution is 2.21. The van der Waals surface area contributed by atoms with Crippen LogP contribution in [0, 0.1) is 0 Å². The second-order valence-electron chi connectivity index (χ2n) is 4.83. The molecule has 3 N–H and O–H groups in total. The first-order valence-corrected chi connectivity index (χ1v) is 6.00. The number of amides is 1. The highest BCUT2D eigenvalue weighted by molar-refractivity contribution is 6.31. The van der Waals surface area contributed by atoms with Crippen LogP contribution in [0.15, 0.2) is 18.5 Å². The number of pyridine rings is 1. The fourth-order valence-corrected chi connectivity index (χ4v) is 1.63. The molecule has 0 aliphatic heterocycles. The molecular formula is C12H18ClN3O2. The number of hydrogen-bond acceptors (Lipinski definition) is 4. The number of nitrogens with one attached hydrogen (secondary N) is 1. The maximum atomic E-state index is 11.7. The van der Waals surface area contributed by atoms with Crippen LogP contribution >= 0.6 is 11.6 Å². The predicted octanol–water partition coefficient (Wildman–Crippen LogP) is 2.26. The van der Waals surface area contributed by atoms with E-state index in [1.807, 2.05) is 0 Å². The number of alkyl carbamates (subject to hydrolysis) is 1. The molecule has 1 aromatic heterocycles. The highest BCUT2D eigenvalue weighted by atomic mass is 35.5. The van der Waals surface area contributed by atoms with Crippen molar-refractivity contribution >= 4 is 17.7 Å². The van der Waals surface area contributed by atoms with Crippen LogP contribution in [-0.2, 0) is 4.74 Å². The van der Waals surface area contributed by atoms with E-state index >= 15 is 0 Å². The Morgan fingerprint density at radius 3 is 2.78 bits per heavy atom. The van der Waals surface area contributed by atoms with E-state index in [-0.39, 0.29) is 6.54 Å². The van der Waals surface area contributed by atoms with E-state index in [2.05, 4.69) is 10.3 Å². The highest BCUT2D eigenvalue weighted by Gasteiger charge is 2.20. The molecule has 0 radical (unpaired) electrons. The van der Waals surface area contributed by atoms with Crippen molar-refractivity contribution in [3.8, 4) is 0 Å². The number of halogens is 1. The minimum Gasteiger partial charge on any atom is -0.444 e. The van der Waals surface area contributed by atoms with Gasteiger partial charge < -0.3 is 15.8 Å². The number of nitrogens with zero attached hydrogens (tertiary/aromatic N) is 1. The second-order valence-corrected chi connectivity index (χ2v) is 5.24. The molecule has 0 spiro atoms. The average Bonchev–Trinajstić information content (AvgIpc) is 2.24. The summed E-state index contributed by atoms with van der Waals surface area (Å²) in [4.78, 5) is 15.5. The van der Waals surface area contributed by atoms with E-state index in [1.54, 1.807) is 33.0 Å². The lowest BCUT2D eigenvalue weighted by molar-refractivity contribution is 0.0505. The Morgan fingerprint density at radius 2 is 2.28 bits per heavy atom. The summed E-state index contributed by atoms with van der Waals surface area (Å²) in [5.41, 5.74) is 5.81. The topological polar surface area (TPSA) is 77.2 Å². The first-order valence-electron chi connectivity index (χ1n) is 5.62. The molecule has 0 aliphatic rings. The van der Waals surface area contributed by atoms with Gasteiger partial charge >= 0.3 is 6.09 Å². The van der Waals surface area contributed by atoms with Crippen LogP contribution in [0.5, 0.6) is 0 Å². The molecular weight excluding hydrogens is 254 g/mol. The van der Waals surface area contributed by atoms with Crippen molar-refractivity contribution in [2.75, 3.05) is 6.54 Å². The third kappa shape index (κ3) is 4.50. The Labute approximate surface area is 112 Å². The van der Waals surface area contributed by atoms with Crippen LogP contribution < -0.4 is 11.1 Å². The maximum Gasteiger partial charge on any atom is 0.408 e. The van der Waals surface area contributed by atoms with Crippen molar-refractivity contribution in [2.45, 2.75) is 32.4 Å². The number of hydrogen-bond donors (Lipinski definition) is 2. The third-order valence-electron chi connectivity index (χ3n) is 2.11. The second kappa shape index (κ2) is 6.02. The third-order valence-corrected chi connectivity index (χ3v) is 2.42. The predicted molar refractivity (Wildman–Crippen MR) is 70.4 cm³/mol. The Kier molecular flexibility index (Phi) is 4.93. The number of nitrogens with two attached hydrogens (primary N) is 1. The summed E-state index contributed by atoms with van der Waals surface area (Å²) in [5, 5.41) is 3.14. The van der Waals surface area contributed by atoms with Crippen molar-refractivity contribution in [2.24, 2.45) is 5.73 Å². The summed E-state index contributed by atoms with van der Waals surface area (Å²) in [7, 11) is 0. The summed E-state index contributed by atoms with van der Waals surface area (Å²) in [6, 6.07) is 1.33. The molecule has 1 rings (SSSR count). The van der Waals surface area contributed by atoms with E-state index < -0.39 is 17.7 Å². The number of carbonyl (C=O) groups is 1. The molecule has 1 unspecified atom stereocenters. The molecule has 0 saturated heterocycles. The van der Waals surface area contributed by atoms with E-state index in [4.69, 9.17) is 22.1 Å². The molecule has 0 aliphatic carbocycles. The molecule has 1 aromatic rings. The number of rotatable bonds is 3. The van der Waals surface area contributed by atoms with Gasteiger partial charge in [-0.15, -0.1) is 0 Å². The molecule has 18 heavy (non-hydrogen) atoms. The van der Waals surface area contributed by atoms with Crippen LogP contribution in [0.2, 0.25) is 5.02 Å². The molecule has 1 heterocycles. The molecule has 0 saturated carbocycles. The van der Waals surface area contributed by atoms with Gasteiger partial charge in [0.1, 0.15) is 5.60 Å². The lowest BCUT2D eigenvalue weighted by atomic mass is 10.1. The molecule has 5 nitrogen and oxygen atoms in total. The van der Waals surface area contributed by atoms with Gasteiger partial charge in [-0.25, -0.2) is 4.79 Å². The summed E-state index contributed by atoms with van der Waals surface area (Å²) in [6.07, 6.45) is 2.59. The van der Waals surface area contributed by atoms with Crippen LogP contribution in [-0.4, -0.2) is 23.2 Å². The largest absolute Gasteiger partial charge is 0.444 e. The minimum atomic E-state index is -0.550. The molecule has 100 valence electrons. The molecule has 1 amide bonds. The van der Waals surface area contributed by atoms with E-state index in [0.717, 1.165) is 5.56 Å². The molecule has 6 heteroatoms. The lowest BCUT2D eigenvalue weighted by Crippen LogP contribution is -2.37. The molecule has 0 bridgehead atoms. The SMILES string of the molecule is CC(C)(C)OC(=O)NC(CN)c1ccncc1Cl. The zero-order valence-corrected chi connectivity index (χ0v) is 11.5. The summed E-state index contributed by atoms with van der Waals surface area (Å²) >= 11 is 6.00. The van der Waals surface area contributed by atoms with Crippen molar-refractivity contribution in [1.29, 1.82) is 0 Å². The Morgan fingerprint density at radius 1 is 1.61 bits per heavy atom. The van der Waals surface area contributed by atoms with Gasteiger partial charge in [0.25, 0.3) is 0 Å². The summed E-state index contributed by atoms with van der Waals surface area (Å²) < 4.78 is 5.17. The molecule has 0 aromatic carbocycles. The Hall–Kier alpha value is -1.33. The number of aromatic nitrogens is 1. The standard InChI is InChI=1S/C12H18ClN3O2/c1-12(2,3)18-11(17)16-10(6-14)8-4-5-15-7-9(8)13/h4-5,7,10H,6,14H2,1-3H3,(H,16,17). The monoisotopic (exact) mass is 271 g/mol. The summed E-state index contributed by atoms with van der Waals surface area (Å²) in [6.45, 7) is 5.61.